The van der Waals surface area contributed by atoms with Crippen LogP contribution in [0.4, 0.5) is 0 Å². The minimum absolute atomic E-state index is 0.442. The second-order valence-electron chi connectivity index (χ2n) is 3.72. The van der Waals surface area contributed by atoms with Gasteiger partial charge in [-0.25, -0.2) is 9.97 Å². The van der Waals surface area contributed by atoms with Crippen molar-refractivity contribution in [2.45, 2.75) is 6.54 Å². The molecule has 3 nitrogen and oxygen atoms in total. The summed E-state index contributed by atoms with van der Waals surface area (Å²) in [5.74, 6) is 0.755. The van der Waals surface area contributed by atoms with Crippen molar-refractivity contribution in [3.63, 3.8) is 0 Å². The van der Waals surface area contributed by atoms with Crippen LogP contribution in [0.3, 0.4) is 0 Å². The summed E-state index contributed by atoms with van der Waals surface area (Å²) in [6, 6.07) is 10.1. The second kappa shape index (κ2) is 4.24. The van der Waals surface area contributed by atoms with E-state index in [4.69, 9.17) is 5.73 Å². The number of nitrogens with zero attached hydrogens (tertiary/aromatic N) is 2. The molecule has 4 heteroatoms. The van der Waals surface area contributed by atoms with Crippen LogP contribution in [0.15, 0.2) is 41.9 Å². The van der Waals surface area contributed by atoms with Crippen molar-refractivity contribution in [2.75, 3.05) is 0 Å². The lowest BCUT2D eigenvalue weighted by Crippen LogP contribution is -2.01. The van der Waals surface area contributed by atoms with Crippen molar-refractivity contribution >= 4 is 21.4 Å². The van der Waals surface area contributed by atoms with Gasteiger partial charge in [-0.1, -0.05) is 18.2 Å². The zero-order valence-electron chi connectivity index (χ0n) is 9.13. The molecule has 0 bridgehead atoms. The van der Waals surface area contributed by atoms with Gasteiger partial charge in [0.05, 0.1) is 5.69 Å². The molecular weight excluding hydrogens is 230 g/mol. The van der Waals surface area contributed by atoms with E-state index in [1.165, 1.54) is 10.1 Å². The quantitative estimate of drug-likeness (QED) is 0.750. The highest BCUT2D eigenvalue weighted by atomic mass is 32.1. The van der Waals surface area contributed by atoms with Crippen molar-refractivity contribution in [3.05, 3.63) is 47.6 Å². The van der Waals surface area contributed by atoms with Gasteiger partial charge in [-0.15, -0.1) is 11.3 Å². The van der Waals surface area contributed by atoms with Gasteiger partial charge in [-0.05, 0) is 12.1 Å². The van der Waals surface area contributed by atoms with Gasteiger partial charge in [0.25, 0.3) is 0 Å². The Kier molecular flexibility index (Phi) is 2.59. The van der Waals surface area contributed by atoms with E-state index in [9.17, 15) is 0 Å². The minimum atomic E-state index is 0.442. The summed E-state index contributed by atoms with van der Waals surface area (Å²) in [7, 11) is 0. The molecular formula is C13H11N3S. The van der Waals surface area contributed by atoms with Crippen LogP contribution in [0.2, 0.25) is 0 Å². The number of nitrogens with two attached hydrogens (primary N) is 1. The maximum Gasteiger partial charge on any atom is 0.160 e. The van der Waals surface area contributed by atoms with E-state index in [1.807, 2.05) is 18.2 Å². The van der Waals surface area contributed by atoms with Gasteiger partial charge in [-0.3, -0.25) is 0 Å². The maximum absolute atomic E-state index is 5.60. The predicted molar refractivity (Wildman–Crippen MR) is 70.7 cm³/mol. The fourth-order valence-corrected chi connectivity index (χ4v) is 2.73. The molecule has 2 N–H and O–H groups in total. The van der Waals surface area contributed by atoms with Gasteiger partial charge in [-0.2, -0.15) is 0 Å². The van der Waals surface area contributed by atoms with Crippen molar-refractivity contribution in [1.82, 2.24) is 9.97 Å². The van der Waals surface area contributed by atoms with E-state index in [2.05, 4.69) is 27.5 Å². The molecule has 0 saturated carbocycles. The van der Waals surface area contributed by atoms with Gasteiger partial charge in [0.1, 0.15) is 0 Å². The molecule has 84 valence electrons. The van der Waals surface area contributed by atoms with Gasteiger partial charge in [0.15, 0.2) is 5.82 Å². The van der Waals surface area contributed by atoms with Crippen molar-refractivity contribution in [1.29, 1.82) is 0 Å². The zero-order chi connectivity index (χ0) is 11.7. The molecule has 17 heavy (non-hydrogen) atoms. The Labute approximate surface area is 103 Å². The highest BCUT2D eigenvalue weighted by molar-refractivity contribution is 7.17. The largest absolute Gasteiger partial charge is 0.325 e. The first-order valence-electron chi connectivity index (χ1n) is 5.37. The van der Waals surface area contributed by atoms with Crippen LogP contribution < -0.4 is 5.73 Å². The van der Waals surface area contributed by atoms with Crippen molar-refractivity contribution in [2.24, 2.45) is 5.73 Å². The van der Waals surface area contributed by atoms with E-state index >= 15 is 0 Å². The summed E-state index contributed by atoms with van der Waals surface area (Å²) in [5.41, 5.74) is 7.55. The summed E-state index contributed by atoms with van der Waals surface area (Å²) >= 11 is 1.71. The number of fused-ring (bicyclic) bond motifs is 1. The number of aromatic nitrogens is 2. The Bertz CT molecular complexity index is 660. The van der Waals surface area contributed by atoms with Gasteiger partial charge >= 0.3 is 0 Å². The van der Waals surface area contributed by atoms with Gasteiger partial charge in [0.2, 0.25) is 0 Å². The monoisotopic (exact) mass is 241 g/mol. The zero-order valence-corrected chi connectivity index (χ0v) is 9.95. The van der Waals surface area contributed by atoms with E-state index < -0.39 is 0 Å². The molecule has 2 aromatic heterocycles. The van der Waals surface area contributed by atoms with Crippen LogP contribution in [0.1, 0.15) is 5.69 Å². The summed E-state index contributed by atoms with van der Waals surface area (Å²) < 4.78 is 1.25. The molecule has 0 radical (unpaired) electrons. The average molecular weight is 241 g/mol. The first-order valence-corrected chi connectivity index (χ1v) is 6.25. The first kappa shape index (κ1) is 10.4. The summed E-state index contributed by atoms with van der Waals surface area (Å²) in [6.07, 6.45) is 1.76. The Balaban J connectivity index is 2.20. The summed E-state index contributed by atoms with van der Waals surface area (Å²) in [4.78, 5) is 8.77. The van der Waals surface area contributed by atoms with Crippen LogP contribution in [-0.4, -0.2) is 9.97 Å². The number of rotatable bonds is 2. The number of hydrogen-bond donors (Lipinski definition) is 1. The molecule has 0 aliphatic rings. The van der Waals surface area contributed by atoms with Crippen LogP contribution in [-0.2, 0) is 6.54 Å². The predicted octanol–water partition coefficient (Wildman–Crippen LogP) is 2.82. The van der Waals surface area contributed by atoms with Crippen LogP contribution in [0, 0.1) is 0 Å². The number of hydrogen-bond acceptors (Lipinski definition) is 4. The van der Waals surface area contributed by atoms with Crippen molar-refractivity contribution < 1.29 is 0 Å². The lowest BCUT2D eigenvalue weighted by molar-refractivity contribution is 0.970. The third-order valence-corrected chi connectivity index (χ3v) is 3.61. The molecule has 0 fully saturated rings. The molecule has 0 atom stereocenters. The fourth-order valence-electron chi connectivity index (χ4n) is 1.79. The Morgan fingerprint density at radius 1 is 1.18 bits per heavy atom. The normalized spacial score (nSPS) is 10.9. The van der Waals surface area contributed by atoms with Gasteiger partial charge in [0, 0.05) is 33.8 Å². The molecule has 0 aliphatic heterocycles. The maximum atomic E-state index is 5.60. The van der Waals surface area contributed by atoms with Crippen LogP contribution >= 0.6 is 11.3 Å². The summed E-state index contributed by atoms with van der Waals surface area (Å²) in [5, 5.41) is 3.30. The van der Waals surface area contributed by atoms with Crippen molar-refractivity contribution in [3.8, 4) is 11.4 Å². The SMILES string of the molecule is NCc1ccnc(-c2csc3ccccc23)n1. The third-order valence-electron chi connectivity index (χ3n) is 2.64. The average Bonchev–Trinajstić information content (AvgIpc) is 2.82. The lowest BCUT2D eigenvalue weighted by atomic mass is 10.1. The topological polar surface area (TPSA) is 51.8 Å². The molecule has 0 amide bonds. The molecule has 0 aliphatic carbocycles. The lowest BCUT2D eigenvalue weighted by Gasteiger charge is -2.00. The molecule has 3 rings (SSSR count). The molecule has 0 spiro atoms. The highest BCUT2D eigenvalue weighted by Crippen LogP contribution is 2.31. The fraction of sp³-hybridized carbons (Fsp3) is 0.0769. The van der Waals surface area contributed by atoms with E-state index in [1.54, 1.807) is 17.5 Å². The molecule has 0 saturated heterocycles. The van der Waals surface area contributed by atoms with Crippen LogP contribution in [0.25, 0.3) is 21.5 Å². The smallest absolute Gasteiger partial charge is 0.160 e. The van der Waals surface area contributed by atoms with Crippen LogP contribution in [0.5, 0.6) is 0 Å². The molecule has 3 aromatic rings. The van der Waals surface area contributed by atoms with E-state index in [0.29, 0.717) is 6.54 Å². The Morgan fingerprint density at radius 3 is 2.94 bits per heavy atom. The molecule has 1 aromatic carbocycles. The summed E-state index contributed by atoms with van der Waals surface area (Å²) in [6.45, 7) is 0.442. The first-order chi connectivity index (χ1) is 8.38. The second-order valence-corrected chi connectivity index (χ2v) is 4.63. The van der Waals surface area contributed by atoms with E-state index in [-0.39, 0.29) is 0 Å². The minimum Gasteiger partial charge on any atom is -0.325 e. The number of benzene rings is 1. The Hall–Kier alpha value is -1.78. The molecule has 2 heterocycles. The standard InChI is InChI=1S/C13H11N3S/c14-7-9-5-6-15-13(16-9)11-8-17-12-4-2-1-3-10(11)12/h1-6,8H,7,14H2. The third kappa shape index (κ3) is 1.81. The highest BCUT2D eigenvalue weighted by Gasteiger charge is 2.08. The Morgan fingerprint density at radius 2 is 2.06 bits per heavy atom. The van der Waals surface area contributed by atoms with E-state index in [0.717, 1.165) is 17.1 Å². The number of thiophene rings is 1. The molecule has 0 unspecified atom stereocenters. The van der Waals surface area contributed by atoms with Gasteiger partial charge < -0.3 is 5.73 Å².